The van der Waals surface area contributed by atoms with Crippen molar-refractivity contribution in [3.05, 3.63) is 15.3 Å². The maximum absolute atomic E-state index is 14.8. The van der Waals surface area contributed by atoms with Gasteiger partial charge in [0.15, 0.2) is 11.6 Å². The lowest BCUT2D eigenvalue weighted by Gasteiger charge is -2.33. The number of hydrogen-bond donors (Lipinski definition) is 0. The smallest absolute Gasteiger partial charge is 0.255 e. The molecule has 3 rings (SSSR count). The van der Waals surface area contributed by atoms with Crippen molar-refractivity contribution >= 4 is 54.1 Å². The third-order valence-electron chi connectivity index (χ3n) is 4.14. The first kappa shape index (κ1) is 20.4. The molecule has 148 valence electrons. The number of ether oxygens (including phenoxy) is 1. The predicted octanol–water partition coefficient (Wildman–Crippen LogP) is 3.83. The monoisotopic (exact) mass is 487 g/mol. The standard InChI is InChI=1S/C15H14BrClF3N3O3S/c1-6-3-4-26-13-8-12(11(20)9(16)10(13)17)21-15(27(2,24)25)22-14(8)23(6)5-7(18)19/h6-7H,3-5H2,1-2H3/t6-/m1/s1. The minimum atomic E-state index is -3.94. The second-order valence-electron chi connectivity index (χ2n) is 6.13. The van der Waals surface area contributed by atoms with Gasteiger partial charge in [-0.25, -0.2) is 31.6 Å². The van der Waals surface area contributed by atoms with Gasteiger partial charge in [0.05, 0.1) is 23.0 Å². The van der Waals surface area contributed by atoms with Crippen LogP contribution in [0.4, 0.5) is 19.0 Å². The fourth-order valence-electron chi connectivity index (χ4n) is 2.83. The van der Waals surface area contributed by atoms with Crippen LogP contribution in [0.2, 0.25) is 5.02 Å². The number of aromatic nitrogens is 2. The van der Waals surface area contributed by atoms with E-state index in [2.05, 4.69) is 25.9 Å². The number of halogens is 5. The molecule has 0 saturated carbocycles. The molecule has 27 heavy (non-hydrogen) atoms. The Balaban J connectivity index is 2.49. The van der Waals surface area contributed by atoms with E-state index in [-0.39, 0.29) is 38.6 Å². The Morgan fingerprint density at radius 2 is 2.07 bits per heavy atom. The number of alkyl halides is 2. The van der Waals surface area contributed by atoms with E-state index < -0.39 is 39.8 Å². The first-order valence-corrected chi connectivity index (χ1v) is 10.8. The van der Waals surface area contributed by atoms with Gasteiger partial charge in [0.1, 0.15) is 16.4 Å². The summed E-state index contributed by atoms with van der Waals surface area (Å²) in [5.74, 6) is -1.07. The second kappa shape index (κ2) is 7.25. The minimum absolute atomic E-state index is 0.0150. The van der Waals surface area contributed by atoms with Crippen LogP contribution in [0.3, 0.4) is 0 Å². The lowest BCUT2D eigenvalue weighted by molar-refractivity contribution is 0.150. The van der Waals surface area contributed by atoms with E-state index >= 15 is 0 Å². The maximum Gasteiger partial charge on any atom is 0.255 e. The summed E-state index contributed by atoms with van der Waals surface area (Å²) in [5.41, 5.74) is -0.375. The van der Waals surface area contributed by atoms with E-state index in [1.807, 2.05) is 0 Å². The molecule has 1 atom stereocenters. The van der Waals surface area contributed by atoms with Gasteiger partial charge in [0.2, 0.25) is 15.0 Å². The van der Waals surface area contributed by atoms with Crippen molar-refractivity contribution in [2.45, 2.75) is 31.0 Å². The predicted molar refractivity (Wildman–Crippen MR) is 98.2 cm³/mol. The average molecular weight is 489 g/mol. The Morgan fingerprint density at radius 3 is 2.67 bits per heavy atom. The zero-order chi connectivity index (χ0) is 20.1. The van der Waals surface area contributed by atoms with Crippen molar-refractivity contribution in [2.75, 3.05) is 24.3 Å². The molecule has 0 saturated heterocycles. The Morgan fingerprint density at radius 1 is 1.41 bits per heavy atom. The van der Waals surface area contributed by atoms with Crippen LogP contribution in [0.5, 0.6) is 5.75 Å². The molecule has 1 aromatic carbocycles. The lowest BCUT2D eigenvalue weighted by Crippen LogP contribution is -2.39. The van der Waals surface area contributed by atoms with E-state index in [9.17, 15) is 21.6 Å². The van der Waals surface area contributed by atoms with Gasteiger partial charge >= 0.3 is 0 Å². The molecule has 0 unspecified atom stereocenters. The van der Waals surface area contributed by atoms with Crippen LogP contribution in [0.25, 0.3) is 10.9 Å². The van der Waals surface area contributed by atoms with Crippen molar-refractivity contribution < 1.29 is 26.3 Å². The lowest BCUT2D eigenvalue weighted by atomic mass is 10.1. The number of nitrogens with zero attached hydrogens (tertiary/aromatic N) is 3. The third kappa shape index (κ3) is 3.68. The SMILES string of the molecule is C[C@@H]1CCOc2c(Cl)c(Br)c(F)c3nc(S(C)(=O)=O)nc(c23)N1CC(F)F. The Bertz CT molecular complexity index is 1020. The normalized spacial score (nSPS) is 17.8. The summed E-state index contributed by atoms with van der Waals surface area (Å²) in [4.78, 5) is 9.01. The summed E-state index contributed by atoms with van der Waals surface area (Å²) in [7, 11) is -3.94. The molecule has 2 heterocycles. The summed E-state index contributed by atoms with van der Waals surface area (Å²) in [5, 5.41) is -0.820. The molecule has 0 amide bonds. The van der Waals surface area contributed by atoms with Crippen LogP contribution in [0.15, 0.2) is 9.63 Å². The van der Waals surface area contributed by atoms with Crippen LogP contribution in [0, 0.1) is 5.82 Å². The third-order valence-corrected chi connectivity index (χ3v) is 6.32. The highest BCUT2D eigenvalue weighted by Gasteiger charge is 2.32. The summed E-state index contributed by atoms with van der Waals surface area (Å²) >= 11 is 9.17. The largest absolute Gasteiger partial charge is 0.491 e. The Hall–Kier alpha value is -1.33. The molecule has 0 radical (unpaired) electrons. The number of benzene rings is 1. The van der Waals surface area contributed by atoms with Crippen LogP contribution < -0.4 is 9.64 Å². The van der Waals surface area contributed by atoms with Crippen LogP contribution in [-0.4, -0.2) is 50.3 Å². The highest BCUT2D eigenvalue weighted by atomic mass is 79.9. The molecule has 0 bridgehead atoms. The fourth-order valence-corrected chi connectivity index (χ4v) is 3.94. The molecule has 1 aromatic heterocycles. The van der Waals surface area contributed by atoms with Crippen molar-refractivity contribution in [1.82, 2.24) is 9.97 Å². The van der Waals surface area contributed by atoms with E-state index in [4.69, 9.17) is 16.3 Å². The van der Waals surface area contributed by atoms with Crippen LogP contribution in [0.1, 0.15) is 13.3 Å². The first-order valence-electron chi connectivity index (χ1n) is 7.78. The molecular weight excluding hydrogens is 475 g/mol. The van der Waals surface area contributed by atoms with Gasteiger partial charge in [-0.05, 0) is 22.9 Å². The van der Waals surface area contributed by atoms with E-state index in [0.717, 1.165) is 6.26 Å². The molecule has 1 aliphatic heterocycles. The van der Waals surface area contributed by atoms with Crippen LogP contribution >= 0.6 is 27.5 Å². The average Bonchev–Trinajstić information content (AvgIpc) is 2.57. The maximum atomic E-state index is 14.8. The highest BCUT2D eigenvalue weighted by molar-refractivity contribution is 9.10. The number of sulfone groups is 1. The molecule has 12 heteroatoms. The number of hydrogen-bond acceptors (Lipinski definition) is 6. The number of anilines is 1. The zero-order valence-electron chi connectivity index (χ0n) is 14.1. The summed E-state index contributed by atoms with van der Waals surface area (Å²) < 4.78 is 70.7. The van der Waals surface area contributed by atoms with E-state index in [0.29, 0.717) is 6.42 Å². The van der Waals surface area contributed by atoms with E-state index in [1.54, 1.807) is 6.92 Å². The molecule has 6 nitrogen and oxygen atoms in total. The topological polar surface area (TPSA) is 72.4 Å². The summed E-state index contributed by atoms with van der Waals surface area (Å²) in [6, 6.07) is -0.469. The quantitative estimate of drug-likeness (QED) is 0.483. The van der Waals surface area contributed by atoms with Crippen LogP contribution in [-0.2, 0) is 9.84 Å². The second-order valence-corrected chi connectivity index (χ2v) is 9.21. The van der Waals surface area contributed by atoms with Gasteiger partial charge in [0, 0.05) is 18.7 Å². The summed E-state index contributed by atoms with van der Waals surface area (Å²) in [6.07, 6.45) is -1.53. The van der Waals surface area contributed by atoms with Gasteiger partial charge in [-0.3, -0.25) is 0 Å². The molecular formula is C15H14BrClF3N3O3S. The van der Waals surface area contributed by atoms with E-state index in [1.165, 1.54) is 4.90 Å². The Labute approximate surface area is 166 Å². The van der Waals surface area contributed by atoms with Crippen molar-refractivity contribution in [3.8, 4) is 5.75 Å². The molecule has 0 N–H and O–H groups in total. The minimum Gasteiger partial charge on any atom is -0.491 e. The Kier molecular flexibility index (Phi) is 5.48. The highest BCUT2D eigenvalue weighted by Crippen LogP contribution is 2.46. The fraction of sp³-hybridized carbons (Fsp3) is 0.467. The van der Waals surface area contributed by atoms with Gasteiger partial charge in [-0.1, -0.05) is 11.6 Å². The molecule has 1 aliphatic rings. The summed E-state index contributed by atoms with van der Waals surface area (Å²) in [6.45, 7) is 1.09. The van der Waals surface area contributed by atoms with Gasteiger partial charge in [-0.15, -0.1) is 0 Å². The van der Waals surface area contributed by atoms with Crippen molar-refractivity contribution in [3.63, 3.8) is 0 Å². The number of rotatable bonds is 3. The van der Waals surface area contributed by atoms with Gasteiger partial charge in [0.25, 0.3) is 6.43 Å². The zero-order valence-corrected chi connectivity index (χ0v) is 17.3. The van der Waals surface area contributed by atoms with Gasteiger partial charge < -0.3 is 9.64 Å². The molecule has 0 spiro atoms. The van der Waals surface area contributed by atoms with Crippen molar-refractivity contribution in [1.29, 1.82) is 0 Å². The van der Waals surface area contributed by atoms with Gasteiger partial charge in [-0.2, -0.15) is 0 Å². The first-order chi connectivity index (χ1) is 12.5. The van der Waals surface area contributed by atoms with Crippen molar-refractivity contribution in [2.24, 2.45) is 0 Å². The molecule has 0 fully saturated rings. The molecule has 2 aromatic rings. The molecule has 0 aliphatic carbocycles.